The molecule has 0 aliphatic carbocycles. The molecule has 1 N–H and O–H groups in total. The minimum Gasteiger partial charge on any atom is -0.497 e. The Labute approximate surface area is 191 Å². The average molecular weight is 445 g/mol. The van der Waals surface area contributed by atoms with Gasteiger partial charge in [-0.15, -0.1) is 0 Å². The van der Waals surface area contributed by atoms with E-state index in [1.807, 2.05) is 17.7 Å². The van der Waals surface area contributed by atoms with Gasteiger partial charge in [-0.1, -0.05) is 6.07 Å². The van der Waals surface area contributed by atoms with E-state index < -0.39 is 0 Å². The van der Waals surface area contributed by atoms with Crippen molar-refractivity contribution >= 4 is 11.6 Å². The maximum Gasteiger partial charge on any atom is 0.262 e. The number of aryl methyl sites for hydroxylation is 2. The summed E-state index contributed by atoms with van der Waals surface area (Å²) < 4.78 is 18.4. The molecule has 0 saturated carbocycles. The third-order valence-corrected chi connectivity index (χ3v) is 4.65. The SMILES string of the molecule is COc1cccc(OCC(=O)Nc2ccc(Oc3cc(-n4ccnc4C)nc(C)n3)cc2)c1. The molecule has 4 rings (SSSR count). The highest BCUT2D eigenvalue weighted by atomic mass is 16.5. The maximum atomic E-state index is 12.2. The Balaban J connectivity index is 1.36. The summed E-state index contributed by atoms with van der Waals surface area (Å²) in [5.74, 6) is 3.99. The third-order valence-electron chi connectivity index (χ3n) is 4.65. The van der Waals surface area contributed by atoms with Crippen molar-refractivity contribution in [3.8, 4) is 28.9 Å². The molecule has 9 nitrogen and oxygen atoms in total. The van der Waals surface area contributed by atoms with Gasteiger partial charge in [0.25, 0.3) is 5.91 Å². The molecule has 4 aromatic rings. The molecule has 168 valence electrons. The van der Waals surface area contributed by atoms with E-state index in [2.05, 4.69) is 20.3 Å². The Morgan fingerprint density at radius 2 is 1.79 bits per heavy atom. The standard InChI is InChI=1S/C24H23N5O4/c1-16-26-22(29-12-11-25-17(29)2)14-24(27-16)33-19-9-7-18(8-10-19)28-23(30)15-32-21-6-4-5-20(13-21)31-3/h4-14H,15H2,1-3H3,(H,28,30). The van der Waals surface area contributed by atoms with Gasteiger partial charge in [-0.25, -0.2) is 9.97 Å². The van der Waals surface area contributed by atoms with Crippen molar-refractivity contribution in [2.75, 3.05) is 19.0 Å². The fourth-order valence-electron chi connectivity index (χ4n) is 3.08. The van der Waals surface area contributed by atoms with Crippen molar-refractivity contribution in [1.82, 2.24) is 19.5 Å². The molecule has 9 heteroatoms. The summed E-state index contributed by atoms with van der Waals surface area (Å²) in [6.45, 7) is 3.57. The van der Waals surface area contributed by atoms with E-state index in [1.165, 1.54) is 0 Å². The van der Waals surface area contributed by atoms with Gasteiger partial charge in [-0.3, -0.25) is 9.36 Å². The minimum atomic E-state index is -0.279. The van der Waals surface area contributed by atoms with E-state index in [4.69, 9.17) is 14.2 Å². The van der Waals surface area contributed by atoms with Crippen LogP contribution in [0.25, 0.3) is 5.82 Å². The first-order valence-electron chi connectivity index (χ1n) is 10.2. The normalized spacial score (nSPS) is 10.5. The molecule has 2 aromatic heterocycles. The summed E-state index contributed by atoms with van der Waals surface area (Å²) in [4.78, 5) is 25.2. The fourth-order valence-corrected chi connectivity index (χ4v) is 3.08. The largest absolute Gasteiger partial charge is 0.497 e. The van der Waals surface area contributed by atoms with Crippen LogP contribution in [0.15, 0.2) is 67.0 Å². The molecule has 1 amide bonds. The van der Waals surface area contributed by atoms with E-state index in [0.717, 1.165) is 5.82 Å². The number of hydrogen-bond donors (Lipinski definition) is 1. The van der Waals surface area contributed by atoms with Crippen LogP contribution in [0.4, 0.5) is 5.69 Å². The van der Waals surface area contributed by atoms with Gasteiger partial charge >= 0.3 is 0 Å². The number of carbonyl (C=O) groups is 1. The summed E-state index contributed by atoms with van der Waals surface area (Å²) >= 11 is 0. The number of imidazole rings is 1. The Hall–Kier alpha value is -4.40. The number of hydrogen-bond acceptors (Lipinski definition) is 7. The molecule has 0 aliphatic heterocycles. The van der Waals surface area contributed by atoms with E-state index in [1.54, 1.807) is 74.8 Å². The van der Waals surface area contributed by atoms with Crippen molar-refractivity contribution in [2.24, 2.45) is 0 Å². The molecule has 33 heavy (non-hydrogen) atoms. The van der Waals surface area contributed by atoms with Crippen LogP contribution in [0.1, 0.15) is 11.6 Å². The number of nitrogens with zero attached hydrogens (tertiary/aromatic N) is 4. The van der Waals surface area contributed by atoms with E-state index in [-0.39, 0.29) is 12.5 Å². The summed E-state index contributed by atoms with van der Waals surface area (Å²) in [7, 11) is 1.57. The predicted octanol–water partition coefficient (Wildman–Crippen LogP) is 4.10. The minimum absolute atomic E-state index is 0.123. The Morgan fingerprint density at radius 1 is 1.00 bits per heavy atom. The molecular weight excluding hydrogens is 422 g/mol. The molecule has 0 atom stereocenters. The molecular formula is C24H23N5O4. The van der Waals surface area contributed by atoms with Crippen molar-refractivity contribution in [3.63, 3.8) is 0 Å². The topological polar surface area (TPSA) is 100 Å². The number of rotatable bonds is 8. The molecule has 0 radical (unpaired) electrons. The van der Waals surface area contributed by atoms with Crippen LogP contribution in [-0.4, -0.2) is 39.1 Å². The number of amides is 1. The molecule has 0 spiro atoms. The van der Waals surface area contributed by atoms with Crippen LogP contribution in [0.5, 0.6) is 23.1 Å². The molecule has 0 bridgehead atoms. The zero-order chi connectivity index (χ0) is 23.2. The van der Waals surface area contributed by atoms with Gasteiger partial charge in [0.2, 0.25) is 5.88 Å². The molecule has 2 aromatic carbocycles. The first-order chi connectivity index (χ1) is 16.0. The second-order valence-corrected chi connectivity index (χ2v) is 7.10. The summed E-state index contributed by atoms with van der Waals surface area (Å²) in [6.07, 6.45) is 3.54. The van der Waals surface area contributed by atoms with Gasteiger partial charge < -0.3 is 19.5 Å². The van der Waals surface area contributed by atoms with Crippen molar-refractivity contribution in [2.45, 2.75) is 13.8 Å². The van der Waals surface area contributed by atoms with Crippen LogP contribution in [0.3, 0.4) is 0 Å². The van der Waals surface area contributed by atoms with Crippen LogP contribution in [0.2, 0.25) is 0 Å². The van der Waals surface area contributed by atoms with Crippen LogP contribution >= 0.6 is 0 Å². The first-order valence-corrected chi connectivity index (χ1v) is 10.2. The summed E-state index contributed by atoms with van der Waals surface area (Å²) in [6, 6.07) is 15.8. The van der Waals surface area contributed by atoms with Crippen molar-refractivity contribution in [1.29, 1.82) is 0 Å². The lowest BCUT2D eigenvalue weighted by molar-refractivity contribution is -0.118. The van der Waals surface area contributed by atoms with Crippen molar-refractivity contribution < 1.29 is 19.0 Å². The number of anilines is 1. The monoisotopic (exact) mass is 445 g/mol. The number of nitrogens with one attached hydrogen (secondary N) is 1. The van der Waals surface area contributed by atoms with E-state index in [0.29, 0.717) is 40.5 Å². The lowest BCUT2D eigenvalue weighted by atomic mass is 10.3. The second kappa shape index (κ2) is 9.82. The number of benzene rings is 2. The number of methoxy groups -OCH3 is 1. The van der Waals surface area contributed by atoms with Gasteiger partial charge in [0.15, 0.2) is 6.61 Å². The lowest BCUT2D eigenvalue weighted by Gasteiger charge is -2.11. The zero-order valence-corrected chi connectivity index (χ0v) is 18.5. The Kier molecular flexibility index (Phi) is 6.49. The lowest BCUT2D eigenvalue weighted by Crippen LogP contribution is -2.20. The van der Waals surface area contributed by atoms with Crippen LogP contribution in [0, 0.1) is 13.8 Å². The van der Waals surface area contributed by atoms with Gasteiger partial charge in [0, 0.05) is 30.2 Å². The van der Waals surface area contributed by atoms with Gasteiger partial charge in [0.1, 0.15) is 34.7 Å². The fraction of sp³-hybridized carbons (Fsp3) is 0.167. The summed E-state index contributed by atoms with van der Waals surface area (Å²) in [5.41, 5.74) is 0.621. The second-order valence-electron chi connectivity index (χ2n) is 7.10. The quantitative estimate of drug-likeness (QED) is 0.436. The molecule has 0 fully saturated rings. The number of aromatic nitrogens is 4. The van der Waals surface area contributed by atoms with Gasteiger partial charge in [-0.05, 0) is 50.2 Å². The highest BCUT2D eigenvalue weighted by Gasteiger charge is 2.09. The summed E-state index contributed by atoms with van der Waals surface area (Å²) in [5, 5.41) is 2.79. The van der Waals surface area contributed by atoms with Crippen LogP contribution in [-0.2, 0) is 4.79 Å². The highest BCUT2D eigenvalue weighted by Crippen LogP contribution is 2.24. The average Bonchev–Trinajstić information content (AvgIpc) is 3.25. The Bertz CT molecular complexity index is 1250. The van der Waals surface area contributed by atoms with Gasteiger partial charge in [-0.2, -0.15) is 4.98 Å². The number of carbonyl (C=O) groups excluding carboxylic acids is 1. The Morgan fingerprint density at radius 3 is 2.52 bits per heavy atom. The molecule has 0 saturated heterocycles. The maximum absolute atomic E-state index is 12.2. The highest BCUT2D eigenvalue weighted by molar-refractivity contribution is 5.91. The third kappa shape index (κ3) is 5.65. The number of ether oxygens (including phenoxy) is 3. The smallest absolute Gasteiger partial charge is 0.262 e. The van der Waals surface area contributed by atoms with E-state index in [9.17, 15) is 4.79 Å². The van der Waals surface area contributed by atoms with Gasteiger partial charge in [0.05, 0.1) is 7.11 Å². The molecule has 2 heterocycles. The zero-order valence-electron chi connectivity index (χ0n) is 18.5. The molecule has 0 unspecified atom stereocenters. The van der Waals surface area contributed by atoms with E-state index >= 15 is 0 Å². The first kappa shape index (κ1) is 21.8. The molecule has 0 aliphatic rings. The van der Waals surface area contributed by atoms with Crippen LogP contribution < -0.4 is 19.5 Å². The van der Waals surface area contributed by atoms with Crippen molar-refractivity contribution in [3.05, 3.63) is 78.6 Å². The predicted molar refractivity (Wildman–Crippen MR) is 122 cm³/mol.